The maximum atomic E-state index is 11.5. The second-order valence-electron chi connectivity index (χ2n) is 9.64. The molecule has 0 aromatic carbocycles. The second kappa shape index (κ2) is 5.66. The molecule has 5 heteroatoms. The Hall–Kier alpha value is -1.17. The van der Waals surface area contributed by atoms with Crippen molar-refractivity contribution in [3.05, 3.63) is 23.3 Å². The molecule has 1 unspecified atom stereocenters. The average Bonchev–Trinajstić information content (AvgIpc) is 2.82. The van der Waals surface area contributed by atoms with Gasteiger partial charge in [-0.15, -0.1) is 0 Å². The standard InChI is InChI=1S/C21H31NO4/c1-12(23)26-18-11-20(3)13(9-21(18,22)25)4-5-15-16(20)6-7-19(2)10-14(24)8-17(15)19/h4-5,14,16-18,24-25H,6-11,22H2,1-3H3/t14-,16+,17+,18?,19-,20+,21-/m1/s1. The van der Waals surface area contributed by atoms with Crippen LogP contribution in [0, 0.1) is 22.7 Å². The van der Waals surface area contributed by atoms with Crippen LogP contribution in [0.3, 0.4) is 0 Å². The molecule has 4 aliphatic carbocycles. The Morgan fingerprint density at radius 3 is 2.69 bits per heavy atom. The number of hydrogen-bond acceptors (Lipinski definition) is 5. The predicted octanol–water partition coefficient (Wildman–Crippen LogP) is 2.42. The highest BCUT2D eigenvalue weighted by Gasteiger charge is 2.58. The Morgan fingerprint density at radius 1 is 1.27 bits per heavy atom. The number of aliphatic hydroxyl groups is 2. The van der Waals surface area contributed by atoms with E-state index in [9.17, 15) is 15.0 Å². The van der Waals surface area contributed by atoms with Crippen molar-refractivity contribution in [1.29, 1.82) is 0 Å². The molecule has 3 saturated carbocycles. The molecule has 0 saturated heterocycles. The number of rotatable bonds is 1. The van der Waals surface area contributed by atoms with E-state index in [0.717, 1.165) is 31.3 Å². The summed E-state index contributed by atoms with van der Waals surface area (Å²) < 4.78 is 5.42. The number of hydrogen-bond donors (Lipinski definition) is 3. The van der Waals surface area contributed by atoms with Crippen LogP contribution in [0.5, 0.6) is 0 Å². The molecular formula is C21H31NO4. The first-order chi connectivity index (χ1) is 12.1. The van der Waals surface area contributed by atoms with Gasteiger partial charge in [-0.3, -0.25) is 4.79 Å². The van der Waals surface area contributed by atoms with Crippen molar-refractivity contribution in [1.82, 2.24) is 0 Å². The normalized spacial score (nSPS) is 50.1. The van der Waals surface area contributed by atoms with Gasteiger partial charge in [0.05, 0.1) is 6.10 Å². The van der Waals surface area contributed by atoms with E-state index in [4.69, 9.17) is 10.5 Å². The van der Waals surface area contributed by atoms with Crippen LogP contribution in [-0.4, -0.2) is 34.1 Å². The van der Waals surface area contributed by atoms with Gasteiger partial charge in [0.2, 0.25) is 0 Å². The summed E-state index contributed by atoms with van der Waals surface area (Å²) in [7, 11) is 0. The van der Waals surface area contributed by atoms with Gasteiger partial charge in [0.25, 0.3) is 0 Å². The van der Waals surface area contributed by atoms with E-state index in [0.29, 0.717) is 24.7 Å². The minimum atomic E-state index is -1.52. The molecule has 4 N–H and O–H groups in total. The summed E-state index contributed by atoms with van der Waals surface area (Å²) in [5.74, 6) is 0.369. The van der Waals surface area contributed by atoms with Gasteiger partial charge in [-0.1, -0.05) is 37.1 Å². The molecule has 4 aliphatic rings. The lowest BCUT2D eigenvalue weighted by molar-refractivity contribution is -0.173. The molecule has 0 amide bonds. The fourth-order valence-corrected chi connectivity index (χ4v) is 6.41. The molecule has 7 atom stereocenters. The summed E-state index contributed by atoms with van der Waals surface area (Å²) in [6.07, 6.45) is 8.21. The van der Waals surface area contributed by atoms with Crippen molar-refractivity contribution in [2.75, 3.05) is 0 Å². The van der Waals surface area contributed by atoms with Gasteiger partial charge < -0.3 is 20.7 Å². The molecule has 4 rings (SSSR count). The summed E-state index contributed by atoms with van der Waals surface area (Å²) >= 11 is 0. The third-order valence-corrected chi connectivity index (χ3v) is 7.79. The summed E-state index contributed by atoms with van der Waals surface area (Å²) in [6, 6.07) is 0. The third kappa shape index (κ3) is 2.59. The van der Waals surface area contributed by atoms with E-state index in [1.807, 2.05) is 0 Å². The van der Waals surface area contributed by atoms with E-state index in [1.165, 1.54) is 12.5 Å². The predicted molar refractivity (Wildman–Crippen MR) is 97.8 cm³/mol. The van der Waals surface area contributed by atoms with Gasteiger partial charge in [-0.2, -0.15) is 0 Å². The van der Waals surface area contributed by atoms with Gasteiger partial charge in [-0.05, 0) is 54.8 Å². The van der Waals surface area contributed by atoms with Gasteiger partial charge in [0, 0.05) is 13.3 Å². The number of fused-ring (bicyclic) bond motifs is 5. The Balaban J connectivity index is 1.70. The fraction of sp³-hybridized carbons (Fsp3) is 0.762. The first-order valence-corrected chi connectivity index (χ1v) is 9.83. The maximum Gasteiger partial charge on any atom is 0.303 e. The molecule has 0 bridgehead atoms. The number of nitrogens with two attached hydrogens (primary N) is 1. The van der Waals surface area contributed by atoms with E-state index in [2.05, 4.69) is 26.0 Å². The summed E-state index contributed by atoms with van der Waals surface area (Å²) in [4.78, 5) is 11.5. The first-order valence-electron chi connectivity index (χ1n) is 9.83. The lowest BCUT2D eigenvalue weighted by Crippen LogP contribution is -2.60. The first kappa shape index (κ1) is 18.2. The fourth-order valence-electron chi connectivity index (χ4n) is 6.41. The van der Waals surface area contributed by atoms with Crippen molar-refractivity contribution >= 4 is 5.97 Å². The number of aliphatic hydroxyl groups excluding tert-OH is 1. The lowest BCUT2D eigenvalue weighted by Gasteiger charge is -2.56. The summed E-state index contributed by atoms with van der Waals surface area (Å²) in [5, 5.41) is 20.9. The van der Waals surface area contributed by atoms with Gasteiger partial charge in [0.15, 0.2) is 5.72 Å². The molecule has 26 heavy (non-hydrogen) atoms. The van der Waals surface area contributed by atoms with E-state index >= 15 is 0 Å². The quantitative estimate of drug-likeness (QED) is 0.493. The second-order valence-corrected chi connectivity index (χ2v) is 9.64. The van der Waals surface area contributed by atoms with Crippen molar-refractivity contribution < 1.29 is 19.7 Å². The Morgan fingerprint density at radius 2 is 2.00 bits per heavy atom. The number of ether oxygens (including phenoxy) is 1. The van der Waals surface area contributed by atoms with Crippen LogP contribution in [0.1, 0.15) is 59.3 Å². The molecular weight excluding hydrogens is 330 g/mol. The smallest absolute Gasteiger partial charge is 0.303 e. The zero-order valence-electron chi connectivity index (χ0n) is 16.0. The van der Waals surface area contributed by atoms with Crippen LogP contribution >= 0.6 is 0 Å². The molecule has 144 valence electrons. The number of carbonyl (C=O) groups is 1. The van der Waals surface area contributed by atoms with Crippen molar-refractivity contribution in [2.45, 2.75) is 77.2 Å². The Labute approximate surface area is 155 Å². The van der Waals surface area contributed by atoms with Crippen LogP contribution in [-0.2, 0) is 9.53 Å². The van der Waals surface area contributed by atoms with Crippen molar-refractivity contribution in [2.24, 2.45) is 28.4 Å². The van der Waals surface area contributed by atoms with Crippen LogP contribution in [0.25, 0.3) is 0 Å². The van der Waals surface area contributed by atoms with E-state index in [-0.39, 0.29) is 16.9 Å². The van der Waals surface area contributed by atoms with Crippen LogP contribution in [0.2, 0.25) is 0 Å². The Bertz CT molecular complexity index is 696. The summed E-state index contributed by atoms with van der Waals surface area (Å²) in [5.41, 5.74) is 7.20. The van der Waals surface area contributed by atoms with Crippen molar-refractivity contribution in [3.63, 3.8) is 0 Å². The zero-order chi connectivity index (χ0) is 18.9. The topological polar surface area (TPSA) is 92.8 Å². The molecule has 0 heterocycles. The molecule has 0 aromatic heterocycles. The highest BCUT2D eigenvalue weighted by molar-refractivity contribution is 5.66. The molecule has 3 fully saturated rings. The molecule has 0 radical (unpaired) electrons. The Kier molecular flexibility index (Phi) is 3.97. The molecule has 0 spiro atoms. The van der Waals surface area contributed by atoms with Crippen molar-refractivity contribution in [3.8, 4) is 0 Å². The lowest BCUT2D eigenvalue weighted by atomic mass is 9.50. The molecule has 0 aromatic rings. The van der Waals surface area contributed by atoms with Gasteiger partial charge in [0.1, 0.15) is 6.10 Å². The SMILES string of the molecule is CC(=O)OC1C[C@@]2(C)C(=CC=C3[C@@H]4C[C@@H](O)C[C@@]4(C)CC[C@@H]32)C[C@@]1(N)O. The largest absolute Gasteiger partial charge is 0.458 e. The maximum absolute atomic E-state index is 11.5. The monoisotopic (exact) mass is 361 g/mol. The van der Waals surface area contributed by atoms with Crippen LogP contribution in [0.4, 0.5) is 0 Å². The number of carbonyl (C=O) groups excluding carboxylic acids is 1. The minimum Gasteiger partial charge on any atom is -0.458 e. The highest BCUT2D eigenvalue weighted by atomic mass is 16.6. The van der Waals surface area contributed by atoms with E-state index in [1.54, 1.807) is 0 Å². The van der Waals surface area contributed by atoms with Gasteiger partial charge in [-0.25, -0.2) is 0 Å². The average molecular weight is 361 g/mol. The highest BCUT2D eigenvalue weighted by Crippen LogP contribution is 2.63. The summed E-state index contributed by atoms with van der Waals surface area (Å²) in [6.45, 7) is 5.91. The van der Waals surface area contributed by atoms with Crippen LogP contribution < -0.4 is 5.73 Å². The minimum absolute atomic E-state index is 0.162. The van der Waals surface area contributed by atoms with Gasteiger partial charge >= 0.3 is 5.97 Å². The number of esters is 1. The van der Waals surface area contributed by atoms with E-state index < -0.39 is 17.8 Å². The van der Waals surface area contributed by atoms with Crippen LogP contribution in [0.15, 0.2) is 23.3 Å². The third-order valence-electron chi connectivity index (χ3n) is 7.79. The molecule has 5 nitrogen and oxygen atoms in total. The number of allylic oxidation sites excluding steroid dienone is 3. The zero-order valence-corrected chi connectivity index (χ0v) is 16.0. The molecule has 0 aliphatic heterocycles.